The number of alkyl halides is 3. The van der Waals surface area contributed by atoms with Crippen LogP contribution in [0.1, 0.15) is 24.0 Å². The first-order valence-corrected chi connectivity index (χ1v) is 14.9. The van der Waals surface area contributed by atoms with Gasteiger partial charge in [-0.3, -0.25) is 14.8 Å². The van der Waals surface area contributed by atoms with E-state index in [1.165, 1.54) is 29.8 Å². The van der Waals surface area contributed by atoms with Crippen LogP contribution in [0.2, 0.25) is 5.02 Å². The first kappa shape index (κ1) is 32.4. The number of rotatable bonds is 8. The van der Waals surface area contributed by atoms with E-state index in [9.17, 15) is 26.4 Å². The molecule has 222 valence electrons. The predicted octanol–water partition coefficient (Wildman–Crippen LogP) is 6.85. The number of carbonyl (C=O) groups excluding carboxylic acids is 1. The molecule has 4 rings (SSSR count). The molecule has 3 aromatic rings. The molecular formula is C29H32ClF3N2O5S. The number of nitrogens with one attached hydrogen (secondary N) is 1. The van der Waals surface area contributed by atoms with Crippen molar-refractivity contribution in [3.05, 3.63) is 101 Å². The van der Waals surface area contributed by atoms with Crippen LogP contribution in [-0.4, -0.2) is 55.9 Å². The molecule has 0 aromatic heterocycles. The second-order valence-corrected chi connectivity index (χ2v) is 11.6. The second kappa shape index (κ2) is 15.2. The van der Waals surface area contributed by atoms with Gasteiger partial charge in [0.1, 0.15) is 5.75 Å². The van der Waals surface area contributed by atoms with Gasteiger partial charge in [0, 0.05) is 23.8 Å². The number of carbonyl (C=O) groups is 1. The van der Waals surface area contributed by atoms with Crippen molar-refractivity contribution in [2.75, 3.05) is 25.0 Å². The fraction of sp³-hybridized carbons (Fsp3) is 0.345. The summed E-state index contributed by atoms with van der Waals surface area (Å²) in [5.41, 5.74) is 2.08. The number of piperidine rings is 1. The minimum atomic E-state index is -4.65. The Labute approximate surface area is 243 Å². The summed E-state index contributed by atoms with van der Waals surface area (Å²) in [6.45, 7) is 0.729. The molecule has 41 heavy (non-hydrogen) atoms. The van der Waals surface area contributed by atoms with E-state index in [0.29, 0.717) is 29.4 Å². The Morgan fingerprint density at radius 2 is 1.59 bits per heavy atom. The molecule has 12 heteroatoms. The second-order valence-electron chi connectivity index (χ2n) is 9.74. The molecule has 1 aliphatic rings. The fourth-order valence-corrected chi connectivity index (χ4v) is 5.21. The van der Waals surface area contributed by atoms with E-state index in [4.69, 9.17) is 20.9 Å². The van der Waals surface area contributed by atoms with Crippen LogP contribution in [0.15, 0.2) is 84.9 Å². The van der Waals surface area contributed by atoms with Crippen molar-refractivity contribution < 1.29 is 35.7 Å². The molecule has 0 saturated carbocycles. The minimum absolute atomic E-state index is 0.276. The summed E-state index contributed by atoms with van der Waals surface area (Å²) in [6.07, 6.45) is -5.37. The van der Waals surface area contributed by atoms with Crippen LogP contribution in [0.25, 0.3) is 0 Å². The van der Waals surface area contributed by atoms with Crippen LogP contribution >= 0.6 is 11.6 Å². The van der Waals surface area contributed by atoms with Crippen LogP contribution in [0.4, 0.5) is 23.7 Å². The molecule has 1 saturated heterocycles. The summed E-state index contributed by atoms with van der Waals surface area (Å²) in [6, 6.07) is 24.5. The first-order valence-electron chi connectivity index (χ1n) is 12.9. The van der Waals surface area contributed by atoms with Gasteiger partial charge in [0.2, 0.25) is 6.10 Å². The standard InChI is InChI=1S/C22H24ClF3N2O2.C7H8O3S/c23-18-8-10-19(11-9-18)27-21(29)30-20(22(24,25)26)15-28-12-4-7-17(14-28)13-16-5-2-1-3-6-16;8-11(9,10)6-7-4-2-1-3-5-7/h1-3,5-6,8-11,17,20H,4,7,12-15H2,(H,27,29);1-5H,6H2,(H,8,9,10)/t17-,20-;/m0./s1. The van der Waals surface area contributed by atoms with Gasteiger partial charge in [0.05, 0.1) is 0 Å². The third-order valence-corrected chi connectivity index (χ3v) is 7.24. The highest BCUT2D eigenvalue weighted by atomic mass is 35.5. The van der Waals surface area contributed by atoms with E-state index < -0.39 is 28.5 Å². The number of hydrogen-bond donors (Lipinski definition) is 2. The lowest BCUT2D eigenvalue weighted by Gasteiger charge is -2.35. The zero-order chi connectivity index (χ0) is 29.9. The fourth-order valence-electron chi connectivity index (χ4n) is 4.47. The van der Waals surface area contributed by atoms with Crippen molar-refractivity contribution >= 4 is 33.5 Å². The number of benzene rings is 3. The van der Waals surface area contributed by atoms with Crippen molar-refractivity contribution in [1.29, 1.82) is 0 Å². The van der Waals surface area contributed by atoms with E-state index >= 15 is 0 Å². The van der Waals surface area contributed by atoms with Crippen LogP contribution < -0.4 is 5.32 Å². The molecule has 0 unspecified atom stereocenters. The Balaban J connectivity index is 0.000000352. The Morgan fingerprint density at radius 3 is 2.15 bits per heavy atom. The van der Waals surface area contributed by atoms with E-state index in [2.05, 4.69) is 5.32 Å². The highest BCUT2D eigenvalue weighted by molar-refractivity contribution is 7.85. The lowest BCUT2D eigenvalue weighted by Crippen LogP contribution is -2.47. The number of likely N-dealkylation sites (tertiary alicyclic amines) is 1. The molecule has 1 amide bonds. The maximum absolute atomic E-state index is 13.5. The Kier molecular flexibility index (Phi) is 12.0. The average Bonchev–Trinajstić information content (AvgIpc) is 2.90. The largest absolute Gasteiger partial charge is 0.435 e. The number of halogens is 4. The van der Waals surface area contributed by atoms with Crippen molar-refractivity contribution in [2.45, 2.75) is 37.3 Å². The van der Waals surface area contributed by atoms with Crippen LogP contribution in [0.3, 0.4) is 0 Å². The third-order valence-electron chi connectivity index (χ3n) is 6.29. The van der Waals surface area contributed by atoms with Gasteiger partial charge < -0.3 is 4.74 Å². The summed E-state index contributed by atoms with van der Waals surface area (Å²) >= 11 is 5.77. The highest BCUT2D eigenvalue weighted by Gasteiger charge is 2.44. The monoisotopic (exact) mass is 612 g/mol. The molecular weight excluding hydrogens is 581 g/mol. The highest BCUT2D eigenvalue weighted by Crippen LogP contribution is 2.27. The summed E-state index contributed by atoms with van der Waals surface area (Å²) in [5, 5.41) is 2.77. The number of hydrogen-bond acceptors (Lipinski definition) is 5. The molecule has 0 radical (unpaired) electrons. The van der Waals surface area contributed by atoms with Gasteiger partial charge in [-0.25, -0.2) is 4.79 Å². The average molecular weight is 613 g/mol. The SMILES string of the molecule is O=C(Nc1ccc(Cl)cc1)O[C@@H](CN1CCC[C@@H](Cc2ccccc2)C1)C(F)(F)F.O=S(=O)(O)Cc1ccccc1. The summed E-state index contributed by atoms with van der Waals surface area (Å²) in [5.74, 6) is -0.0358. The molecule has 7 nitrogen and oxygen atoms in total. The summed E-state index contributed by atoms with van der Waals surface area (Å²) in [7, 11) is -3.88. The summed E-state index contributed by atoms with van der Waals surface area (Å²) < 4.78 is 74.5. The van der Waals surface area contributed by atoms with Gasteiger partial charge in [-0.2, -0.15) is 21.6 Å². The van der Waals surface area contributed by atoms with Gasteiger partial charge in [-0.15, -0.1) is 0 Å². The van der Waals surface area contributed by atoms with Gasteiger partial charge in [-0.05, 0) is 67.1 Å². The number of ether oxygens (including phenoxy) is 1. The van der Waals surface area contributed by atoms with E-state index in [1.54, 1.807) is 35.2 Å². The van der Waals surface area contributed by atoms with Crippen LogP contribution in [0.5, 0.6) is 0 Å². The number of nitrogens with zero attached hydrogens (tertiary/aromatic N) is 1. The van der Waals surface area contributed by atoms with Crippen LogP contribution in [-0.2, 0) is 27.0 Å². The lowest BCUT2D eigenvalue weighted by molar-refractivity contribution is -0.207. The van der Waals surface area contributed by atoms with Gasteiger partial charge in [0.25, 0.3) is 10.1 Å². The predicted molar refractivity (Wildman–Crippen MR) is 152 cm³/mol. The third kappa shape index (κ3) is 12.5. The molecule has 3 aromatic carbocycles. The van der Waals surface area contributed by atoms with Gasteiger partial charge >= 0.3 is 12.3 Å². The lowest BCUT2D eigenvalue weighted by atomic mass is 9.91. The number of amides is 1. The molecule has 1 fully saturated rings. The summed E-state index contributed by atoms with van der Waals surface area (Å²) in [4.78, 5) is 13.8. The van der Waals surface area contributed by atoms with Gasteiger partial charge in [-0.1, -0.05) is 72.3 Å². The van der Waals surface area contributed by atoms with Crippen molar-refractivity contribution in [2.24, 2.45) is 5.92 Å². The zero-order valence-corrected chi connectivity index (χ0v) is 23.7. The molecule has 2 atom stereocenters. The van der Waals surface area contributed by atoms with Crippen LogP contribution in [0, 0.1) is 5.92 Å². The topological polar surface area (TPSA) is 95.9 Å². The maximum Gasteiger partial charge on any atom is 0.426 e. The zero-order valence-electron chi connectivity index (χ0n) is 22.1. The Bertz CT molecular complexity index is 1330. The van der Waals surface area contributed by atoms with E-state index in [-0.39, 0.29) is 18.2 Å². The molecule has 1 aliphatic heterocycles. The molecule has 2 N–H and O–H groups in total. The Morgan fingerprint density at radius 1 is 1.00 bits per heavy atom. The first-order chi connectivity index (χ1) is 19.4. The molecule has 1 heterocycles. The molecule has 0 aliphatic carbocycles. The molecule has 0 spiro atoms. The van der Waals surface area contributed by atoms with E-state index in [1.807, 2.05) is 30.3 Å². The van der Waals surface area contributed by atoms with E-state index in [0.717, 1.165) is 19.3 Å². The van der Waals surface area contributed by atoms with Crippen molar-refractivity contribution in [3.8, 4) is 0 Å². The van der Waals surface area contributed by atoms with Crippen molar-refractivity contribution in [1.82, 2.24) is 4.90 Å². The molecule has 0 bridgehead atoms. The quantitative estimate of drug-likeness (QED) is 0.270. The van der Waals surface area contributed by atoms with Gasteiger partial charge in [0.15, 0.2) is 0 Å². The maximum atomic E-state index is 13.5. The van der Waals surface area contributed by atoms with Crippen molar-refractivity contribution in [3.63, 3.8) is 0 Å². The number of anilines is 1. The Hall–Kier alpha value is -3.12. The minimum Gasteiger partial charge on any atom is -0.435 e. The normalized spacial score (nSPS) is 16.7. The smallest absolute Gasteiger partial charge is 0.426 e.